The average Bonchev–Trinajstić information content (AvgIpc) is 2.56. The fourth-order valence-electron chi connectivity index (χ4n) is 3.03. The summed E-state index contributed by atoms with van der Waals surface area (Å²) in [5, 5.41) is 2.94. The highest BCUT2D eigenvalue weighted by atomic mass is 16.5. The van der Waals surface area contributed by atoms with Gasteiger partial charge in [0, 0.05) is 19.2 Å². The van der Waals surface area contributed by atoms with Crippen LogP contribution in [0.25, 0.3) is 0 Å². The van der Waals surface area contributed by atoms with Crippen LogP contribution in [0.3, 0.4) is 0 Å². The number of carbonyl (C=O) groups excluding carboxylic acids is 1. The topological polar surface area (TPSA) is 47.2 Å². The van der Waals surface area contributed by atoms with E-state index in [0.29, 0.717) is 13.2 Å². The molecule has 1 atom stereocenters. The van der Waals surface area contributed by atoms with E-state index in [4.69, 9.17) is 4.74 Å². The van der Waals surface area contributed by atoms with E-state index < -0.39 is 0 Å². The van der Waals surface area contributed by atoms with Gasteiger partial charge in [0.05, 0.1) is 6.61 Å². The van der Waals surface area contributed by atoms with Gasteiger partial charge in [0.15, 0.2) is 6.04 Å². The average molecular weight is 307 g/mol. The number of carbonyl (C=O) groups is 1. The van der Waals surface area contributed by atoms with Gasteiger partial charge in [-0.15, -0.1) is 0 Å². The zero-order valence-electron chi connectivity index (χ0n) is 13.7. The van der Waals surface area contributed by atoms with Gasteiger partial charge in [0.1, 0.15) is 32.7 Å². The van der Waals surface area contributed by atoms with E-state index in [0.717, 1.165) is 32.7 Å². The molecule has 0 spiro atoms. The first kappa shape index (κ1) is 16.9. The molecule has 1 amide bonds. The lowest BCUT2D eigenvalue weighted by Gasteiger charge is -2.32. The molecule has 122 valence electrons. The second kappa shape index (κ2) is 8.88. The minimum atomic E-state index is 0.0233. The molecule has 5 heteroatoms. The SMILES string of the molecule is COCCNC(=O)[C@H](C)[NH+]1CC[NH+](Cc2ccccc2)CC1. The van der Waals surface area contributed by atoms with Crippen LogP contribution in [0.2, 0.25) is 0 Å². The molecule has 2 rings (SSSR count). The van der Waals surface area contributed by atoms with Crippen molar-refractivity contribution < 1.29 is 19.3 Å². The van der Waals surface area contributed by atoms with Crippen LogP contribution in [0, 0.1) is 0 Å². The fourth-order valence-corrected chi connectivity index (χ4v) is 3.03. The Morgan fingerprint density at radius 3 is 2.55 bits per heavy atom. The number of benzene rings is 1. The molecule has 0 saturated carbocycles. The second-order valence-electron chi connectivity index (χ2n) is 6.08. The number of hydrogen-bond donors (Lipinski definition) is 3. The maximum atomic E-state index is 12.1. The molecule has 3 N–H and O–H groups in total. The lowest BCUT2D eigenvalue weighted by molar-refractivity contribution is -1.02. The molecule has 1 aromatic rings. The highest BCUT2D eigenvalue weighted by molar-refractivity contribution is 5.79. The van der Waals surface area contributed by atoms with Crippen LogP contribution < -0.4 is 15.1 Å². The monoisotopic (exact) mass is 307 g/mol. The summed E-state index contributed by atoms with van der Waals surface area (Å²) >= 11 is 0. The Morgan fingerprint density at radius 2 is 1.91 bits per heavy atom. The van der Waals surface area contributed by atoms with Gasteiger partial charge >= 0.3 is 0 Å². The first-order chi connectivity index (χ1) is 10.7. The lowest BCUT2D eigenvalue weighted by Crippen LogP contribution is -3.29. The molecule has 0 aliphatic carbocycles. The van der Waals surface area contributed by atoms with Crippen LogP contribution in [0.4, 0.5) is 0 Å². The fraction of sp³-hybridized carbons (Fsp3) is 0.588. The quantitative estimate of drug-likeness (QED) is 0.517. The van der Waals surface area contributed by atoms with Crippen LogP contribution in [0.1, 0.15) is 12.5 Å². The number of piperazine rings is 1. The van der Waals surface area contributed by atoms with Gasteiger partial charge in [-0.2, -0.15) is 0 Å². The van der Waals surface area contributed by atoms with E-state index in [-0.39, 0.29) is 11.9 Å². The van der Waals surface area contributed by atoms with E-state index in [1.807, 2.05) is 6.92 Å². The molecule has 1 aliphatic heterocycles. The van der Waals surface area contributed by atoms with Gasteiger partial charge in [0.25, 0.3) is 5.91 Å². The molecule has 1 heterocycles. The van der Waals surface area contributed by atoms with Crippen molar-refractivity contribution >= 4 is 5.91 Å². The van der Waals surface area contributed by atoms with Crippen molar-refractivity contribution in [1.82, 2.24) is 5.32 Å². The summed E-state index contributed by atoms with van der Waals surface area (Å²) in [6.45, 7) is 8.64. The third-order valence-electron chi connectivity index (χ3n) is 4.51. The van der Waals surface area contributed by atoms with Crippen LogP contribution >= 0.6 is 0 Å². The minimum Gasteiger partial charge on any atom is -0.383 e. The number of nitrogens with one attached hydrogen (secondary N) is 3. The summed E-state index contributed by atoms with van der Waals surface area (Å²) in [5.41, 5.74) is 1.39. The number of quaternary nitrogens is 2. The van der Waals surface area contributed by atoms with E-state index >= 15 is 0 Å². The first-order valence-corrected chi connectivity index (χ1v) is 8.19. The zero-order valence-corrected chi connectivity index (χ0v) is 13.7. The standard InChI is InChI=1S/C17H27N3O2/c1-15(17(21)18-8-13-22-2)20-11-9-19(10-12-20)14-16-6-4-3-5-7-16/h3-7,15H,8-14H2,1-2H3,(H,18,21)/p+2/t15-/m0/s1. The second-order valence-corrected chi connectivity index (χ2v) is 6.08. The van der Waals surface area contributed by atoms with Gasteiger partial charge in [-0.1, -0.05) is 30.3 Å². The summed E-state index contributed by atoms with van der Waals surface area (Å²) in [7, 11) is 1.65. The summed E-state index contributed by atoms with van der Waals surface area (Å²) in [5.74, 6) is 0.138. The minimum absolute atomic E-state index is 0.0233. The Hall–Kier alpha value is -1.43. The van der Waals surface area contributed by atoms with Gasteiger partial charge in [-0.25, -0.2) is 0 Å². The Bertz CT molecular complexity index is 444. The molecular weight excluding hydrogens is 278 g/mol. The predicted octanol–water partition coefficient (Wildman–Crippen LogP) is -1.88. The maximum absolute atomic E-state index is 12.1. The predicted molar refractivity (Wildman–Crippen MR) is 85.9 cm³/mol. The van der Waals surface area contributed by atoms with Gasteiger partial charge in [0.2, 0.25) is 0 Å². The highest BCUT2D eigenvalue weighted by Gasteiger charge is 2.30. The Balaban J connectivity index is 1.73. The summed E-state index contributed by atoms with van der Waals surface area (Å²) in [4.78, 5) is 15.1. The van der Waals surface area contributed by atoms with Crippen molar-refractivity contribution in [2.75, 3.05) is 46.4 Å². The molecule has 0 radical (unpaired) electrons. The van der Waals surface area contributed by atoms with Crippen LogP contribution in [0.15, 0.2) is 30.3 Å². The van der Waals surface area contributed by atoms with Crippen molar-refractivity contribution in [3.63, 3.8) is 0 Å². The van der Waals surface area contributed by atoms with Gasteiger partial charge in [-0.05, 0) is 6.92 Å². The van der Waals surface area contributed by atoms with Gasteiger partial charge in [-0.3, -0.25) is 4.79 Å². The molecule has 1 saturated heterocycles. The summed E-state index contributed by atoms with van der Waals surface area (Å²) in [6.07, 6.45) is 0. The zero-order chi connectivity index (χ0) is 15.8. The number of rotatable bonds is 7. The van der Waals surface area contributed by atoms with Crippen LogP contribution in [-0.2, 0) is 16.1 Å². The molecule has 0 aromatic heterocycles. The highest BCUT2D eigenvalue weighted by Crippen LogP contribution is 1.95. The number of ether oxygens (including phenoxy) is 1. The Morgan fingerprint density at radius 1 is 1.23 bits per heavy atom. The maximum Gasteiger partial charge on any atom is 0.278 e. The third kappa shape index (κ3) is 5.09. The van der Waals surface area contributed by atoms with Crippen molar-refractivity contribution in [1.29, 1.82) is 0 Å². The molecule has 1 aliphatic rings. The van der Waals surface area contributed by atoms with Crippen molar-refractivity contribution in [2.45, 2.75) is 19.5 Å². The lowest BCUT2D eigenvalue weighted by atomic mass is 10.1. The number of methoxy groups -OCH3 is 1. The Kier molecular flexibility index (Phi) is 6.83. The molecule has 1 fully saturated rings. The normalized spacial score (nSPS) is 23.0. The van der Waals surface area contributed by atoms with Crippen molar-refractivity contribution in [2.24, 2.45) is 0 Å². The molecule has 0 bridgehead atoms. The molecule has 1 aromatic carbocycles. The first-order valence-electron chi connectivity index (χ1n) is 8.19. The van der Waals surface area contributed by atoms with E-state index in [1.165, 1.54) is 10.5 Å². The van der Waals surface area contributed by atoms with Gasteiger partial charge < -0.3 is 19.9 Å². The smallest absolute Gasteiger partial charge is 0.278 e. The molecular formula is C17H29N3O2+2. The number of amides is 1. The van der Waals surface area contributed by atoms with E-state index in [1.54, 1.807) is 12.0 Å². The van der Waals surface area contributed by atoms with E-state index in [2.05, 4.69) is 35.6 Å². The third-order valence-corrected chi connectivity index (χ3v) is 4.51. The molecule has 0 unspecified atom stereocenters. The Labute approximate surface area is 133 Å². The number of hydrogen-bond acceptors (Lipinski definition) is 2. The largest absolute Gasteiger partial charge is 0.383 e. The van der Waals surface area contributed by atoms with Crippen molar-refractivity contribution in [3.8, 4) is 0 Å². The van der Waals surface area contributed by atoms with E-state index in [9.17, 15) is 4.79 Å². The molecule has 5 nitrogen and oxygen atoms in total. The van der Waals surface area contributed by atoms with Crippen molar-refractivity contribution in [3.05, 3.63) is 35.9 Å². The van der Waals surface area contributed by atoms with Crippen LogP contribution in [0.5, 0.6) is 0 Å². The van der Waals surface area contributed by atoms with Crippen LogP contribution in [-0.4, -0.2) is 58.4 Å². The molecule has 22 heavy (non-hydrogen) atoms. The summed E-state index contributed by atoms with van der Waals surface area (Å²) in [6, 6.07) is 10.7. The summed E-state index contributed by atoms with van der Waals surface area (Å²) < 4.78 is 4.96.